The summed E-state index contributed by atoms with van der Waals surface area (Å²) in [4.78, 5) is 35.2. The van der Waals surface area contributed by atoms with Crippen LogP contribution >= 0.6 is 0 Å². The van der Waals surface area contributed by atoms with E-state index in [0.29, 0.717) is 6.54 Å². The smallest absolute Gasteiger partial charge is 0.326 e. The first kappa shape index (κ1) is 18.2. The second-order valence-corrected chi connectivity index (χ2v) is 4.33. The highest BCUT2D eigenvalue weighted by Gasteiger charge is 2.22. The number of ether oxygens (including phenoxy) is 1. The first-order valence-electron chi connectivity index (χ1n) is 6.38. The van der Waals surface area contributed by atoms with Gasteiger partial charge in [0, 0.05) is 20.0 Å². The molecule has 0 rings (SSSR count). The summed E-state index contributed by atoms with van der Waals surface area (Å²) in [5.41, 5.74) is 0. The van der Waals surface area contributed by atoms with Gasteiger partial charge in [-0.2, -0.15) is 0 Å². The SMILES string of the molecule is CNCCCN(C)C(=O)N[C@H](CCC(=O)OC)C(=O)O. The Morgan fingerprint density at radius 3 is 2.50 bits per heavy atom. The van der Waals surface area contributed by atoms with Gasteiger partial charge in [-0.15, -0.1) is 0 Å². The molecule has 0 heterocycles. The predicted octanol–water partition coefficient (Wildman–Crippen LogP) is -0.356. The van der Waals surface area contributed by atoms with Gasteiger partial charge in [0.2, 0.25) is 0 Å². The highest BCUT2D eigenvalue weighted by atomic mass is 16.5. The third kappa shape index (κ3) is 7.57. The lowest BCUT2D eigenvalue weighted by atomic mass is 10.1. The van der Waals surface area contributed by atoms with Crippen LogP contribution in [-0.2, 0) is 14.3 Å². The fourth-order valence-corrected chi connectivity index (χ4v) is 1.48. The van der Waals surface area contributed by atoms with Crippen molar-refractivity contribution in [2.75, 3.05) is 34.3 Å². The van der Waals surface area contributed by atoms with E-state index in [1.54, 1.807) is 7.05 Å². The Kier molecular flexibility index (Phi) is 9.10. The number of carboxylic acid groups (broad SMARTS) is 1. The first-order valence-corrected chi connectivity index (χ1v) is 6.38. The molecular weight excluding hydrogens is 266 g/mol. The summed E-state index contributed by atoms with van der Waals surface area (Å²) in [5.74, 6) is -1.68. The van der Waals surface area contributed by atoms with Crippen molar-refractivity contribution in [2.45, 2.75) is 25.3 Å². The van der Waals surface area contributed by atoms with Crippen LogP contribution in [0.25, 0.3) is 0 Å². The molecule has 0 aromatic rings. The Balaban J connectivity index is 4.25. The fourth-order valence-electron chi connectivity index (χ4n) is 1.48. The van der Waals surface area contributed by atoms with E-state index in [2.05, 4.69) is 15.4 Å². The molecule has 0 aliphatic rings. The van der Waals surface area contributed by atoms with Crippen molar-refractivity contribution in [3.63, 3.8) is 0 Å². The number of hydrogen-bond acceptors (Lipinski definition) is 5. The molecule has 20 heavy (non-hydrogen) atoms. The Hall–Kier alpha value is -1.83. The number of carbonyl (C=O) groups excluding carboxylic acids is 2. The molecule has 0 saturated carbocycles. The summed E-state index contributed by atoms with van der Waals surface area (Å²) in [7, 11) is 4.63. The van der Waals surface area contributed by atoms with E-state index in [1.807, 2.05) is 7.05 Å². The van der Waals surface area contributed by atoms with Gasteiger partial charge in [-0.3, -0.25) is 4.79 Å². The Bertz CT molecular complexity index is 335. The molecule has 0 unspecified atom stereocenters. The molecule has 0 aromatic carbocycles. The van der Waals surface area contributed by atoms with E-state index in [9.17, 15) is 14.4 Å². The van der Waals surface area contributed by atoms with Crippen LogP contribution in [0.15, 0.2) is 0 Å². The monoisotopic (exact) mass is 289 g/mol. The van der Waals surface area contributed by atoms with Gasteiger partial charge in [0.25, 0.3) is 0 Å². The molecule has 0 aromatic heterocycles. The average molecular weight is 289 g/mol. The van der Waals surface area contributed by atoms with Crippen LogP contribution in [0.4, 0.5) is 4.79 Å². The molecule has 1 atom stereocenters. The van der Waals surface area contributed by atoms with Crippen molar-refractivity contribution >= 4 is 18.0 Å². The van der Waals surface area contributed by atoms with Gasteiger partial charge in [0.1, 0.15) is 6.04 Å². The third-order valence-corrected chi connectivity index (χ3v) is 2.73. The second kappa shape index (κ2) is 10.0. The number of urea groups is 1. The lowest BCUT2D eigenvalue weighted by molar-refractivity contribution is -0.142. The van der Waals surface area contributed by atoms with Crippen LogP contribution in [-0.4, -0.2) is 68.3 Å². The largest absolute Gasteiger partial charge is 0.480 e. The zero-order chi connectivity index (χ0) is 15.5. The van der Waals surface area contributed by atoms with Crippen molar-refractivity contribution in [3.05, 3.63) is 0 Å². The summed E-state index contributed by atoms with van der Waals surface area (Å²) in [6.45, 7) is 1.28. The van der Waals surface area contributed by atoms with Gasteiger partial charge in [0.05, 0.1) is 7.11 Å². The molecule has 116 valence electrons. The van der Waals surface area contributed by atoms with Crippen LogP contribution < -0.4 is 10.6 Å². The van der Waals surface area contributed by atoms with E-state index in [0.717, 1.165) is 13.0 Å². The van der Waals surface area contributed by atoms with E-state index < -0.39 is 24.0 Å². The molecule has 0 bridgehead atoms. The highest BCUT2D eigenvalue weighted by molar-refractivity contribution is 5.83. The van der Waals surface area contributed by atoms with E-state index in [4.69, 9.17) is 5.11 Å². The summed E-state index contributed by atoms with van der Waals surface area (Å²) in [6, 6.07) is -1.58. The predicted molar refractivity (Wildman–Crippen MR) is 72.4 cm³/mol. The summed E-state index contributed by atoms with van der Waals surface area (Å²) in [6.07, 6.45) is 0.704. The maximum Gasteiger partial charge on any atom is 0.326 e. The summed E-state index contributed by atoms with van der Waals surface area (Å²) < 4.78 is 4.44. The lowest BCUT2D eigenvalue weighted by Crippen LogP contribution is -2.47. The molecule has 0 fully saturated rings. The van der Waals surface area contributed by atoms with Gasteiger partial charge < -0.3 is 25.4 Å². The minimum Gasteiger partial charge on any atom is -0.480 e. The molecule has 0 spiro atoms. The number of hydrogen-bond donors (Lipinski definition) is 3. The highest BCUT2D eigenvalue weighted by Crippen LogP contribution is 2.01. The maximum atomic E-state index is 11.8. The van der Waals surface area contributed by atoms with Crippen LogP contribution in [0.1, 0.15) is 19.3 Å². The van der Waals surface area contributed by atoms with Crippen LogP contribution in [0.2, 0.25) is 0 Å². The summed E-state index contributed by atoms with van der Waals surface area (Å²) in [5, 5.41) is 14.3. The zero-order valence-electron chi connectivity index (χ0n) is 12.1. The Morgan fingerprint density at radius 1 is 1.35 bits per heavy atom. The topological polar surface area (TPSA) is 108 Å². The maximum absolute atomic E-state index is 11.8. The van der Waals surface area contributed by atoms with Gasteiger partial charge in [-0.25, -0.2) is 9.59 Å². The van der Waals surface area contributed by atoms with Crippen molar-refractivity contribution in [3.8, 4) is 0 Å². The van der Waals surface area contributed by atoms with Crippen molar-refractivity contribution in [2.24, 2.45) is 0 Å². The van der Waals surface area contributed by atoms with Gasteiger partial charge in [-0.1, -0.05) is 0 Å². The molecular formula is C12H23N3O5. The fraction of sp³-hybridized carbons (Fsp3) is 0.750. The second-order valence-electron chi connectivity index (χ2n) is 4.33. The first-order chi connectivity index (χ1) is 9.42. The van der Waals surface area contributed by atoms with Crippen molar-refractivity contribution < 1.29 is 24.2 Å². The van der Waals surface area contributed by atoms with Crippen LogP contribution in [0.3, 0.4) is 0 Å². The number of aliphatic carboxylic acids is 1. The van der Waals surface area contributed by atoms with E-state index in [-0.39, 0.29) is 12.8 Å². The Labute approximate surface area is 118 Å². The minimum absolute atomic E-state index is 0.00188. The quantitative estimate of drug-likeness (QED) is 0.395. The molecule has 8 heteroatoms. The standard InChI is InChI=1S/C12H23N3O5/c1-13-7-4-8-15(2)12(19)14-9(11(17)18)5-6-10(16)20-3/h9,13H,4-8H2,1-3H3,(H,14,19)(H,17,18)/t9-/m1/s1. The van der Waals surface area contributed by atoms with Crippen molar-refractivity contribution in [1.82, 2.24) is 15.5 Å². The number of rotatable bonds is 9. The normalized spacial score (nSPS) is 11.6. The molecule has 0 radical (unpaired) electrons. The van der Waals surface area contributed by atoms with E-state index >= 15 is 0 Å². The number of carbonyl (C=O) groups is 3. The molecule has 2 amide bonds. The van der Waals surface area contributed by atoms with Crippen LogP contribution in [0.5, 0.6) is 0 Å². The number of methoxy groups -OCH3 is 1. The number of carboxylic acids is 1. The minimum atomic E-state index is -1.18. The van der Waals surface area contributed by atoms with Crippen LogP contribution in [0, 0.1) is 0 Å². The molecule has 8 nitrogen and oxygen atoms in total. The molecule has 0 saturated heterocycles. The number of nitrogens with zero attached hydrogens (tertiary/aromatic N) is 1. The van der Waals surface area contributed by atoms with E-state index in [1.165, 1.54) is 12.0 Å². The average Bonchev–Trinajstić information content (AvgIpc) is 2.42. The van der Waals surface area contributed by atoms with Gasteiger partial charge >= 0.3 is 18.0 Å². The lowest BCUT2D eigenvalue weighted by Gasteiger charge is -2.21. The zero-order valence-corrected chi connectivity index (χ0v) is 12.1. The van der Waals surface area contributed by atoms with Gasteiger partial charge in [-0.05, 0) is 26.4 Å². The molecule has 3 N–H and O–H groups in total. The van der Waals surface area contributed by atoms with Crippen molar-refractivity contribution in [1.29, 1.82) is 0 Å². The number of amides is 2. The van der Waals surface area contributed by atoms with Gasteiger partial charge in [0.15, 0.2) is 0 Å². The Morgan fingerprint density at radius 2 is 2.00 bits per heavy atom. The number of esters is 1. The third-order valence-electron chi connectivity index (χ3n) is 2.73. The molecule has 0 aliphatic carbocycles. The molecule has 0 aliphatic heterocycles. The summed E-state index contributed by atoms with van der Waals surface area (Å²) >= 11 is 0. The number of nitrogens with one attached hydrogen (secondary N) is 2.